The van der Waals surface area contributed by atoms with E-state index < -0.39 is 23.9 Å². The highest BCUT2D eigenvalue weighted by Crippen LogP contribution is 2.37. The molecule has 1 atom stereocenters. The molecule has 1 saturated heterocycles. The van der Waals surface area contributed by atoms with Gasteiger partial charge < -0.3 is 10.6 Å². The topological polar surface area (TPSA) is 96.0 Å². The predicted molar refractivity (Wildman–Crippen MR) is 97.7 cm³/mol. The standard InChI is InChI=1S/C17H17F3N5O2S/c1-2-21-16(27)25-14-6-10(15-24-13(8-28-15)17(18,19)20)11(7-23-14)12-5-9(26)3-4-22-12/h3,6-8,12,22H,2,4-5H2,1H3,(H2,21,23,25,27). The van der Waals surface area contributed by atoms with Crippen LogP contribution in [0.5, 0.6) is 0 Å². The highest BCUT2D eigenvalue weighted by atomic mass is 32.1. The molecule has 1 aliphatic rings. The van der Waals surface area contributed by atoms with Crippen LogP contribution in [0.3, 0.4) is 0 Å². The predicted octanol–water partition coefficient (Wildman–Crippen LogP) is 3.17. The third-order valence-corrected chi connectivity index (χ3v) is 4.89. The van der Waals surface area contributed by atoms with E-state index in [9.17, 15) is 22.8 Å². The molecule has 0 spiro atoms. The number of rotatable bonds is 4. The van der Waals surface area contributed by atoms with Gasteiger partial charge in [0.15, 0.2) is 5.69 Å². The molecule has 1 radical (unpaired) electrons. The van der Waals surface area contributed by atoms with E-state index in [1.165, 1.54) is 18.7 Å². The zero-order chi connectivity index (χ0) is 20.3. The number of carbonyl (C=O) groups excluding carboxylic acids is 2. The number of anilines is 1. The Labute approximate surface area is 162 Å². The van der Waals surface area contributed by atoms with E-state index in [0.717, 1.165) is 16.7 Å². The number of nitrogens with one attached hydrogen (secondary N) is 3. The lowest BCUT2D eigenvalue weighted by Gasteiger charge is -2.24. The summed E-state index contributed by atoms with van der Waals surface area (Å²) in [6.07, 6.45) is -1.44. The number of pyridine rings is 1. The third-order valence-electron chi connectivity index (χ3n) is 4.01. The van der Waals surface area contributed by atoms with Gasteiger partial charge in [-0.1, -0.05) is 0 Å². The lowest BCUT2D eigenvalue weighted by Crippen LogP contribution is -2.33. The minimum Gasteiger partial charge on any atom is -0.338 e. The summed E-state index contributed by atoms with van der Waals surface area (Å²) in [6, 6.07) is 0.578. The van der Waals surface area contributed by atoms with Crippen molar-refractivity contribution >= 4 is 29.0 Å². The monoisotopic (exact) mass is 412 g/mol. The molecule has 1 unspecified atom stereocenters. The van der Waals surface area contributed by atoms with Gasteiger partial charge in [0, 0.05) is 49.1 Å². The SMILES string of the molecule is CCNC(=O)Nc1cc(-c2nc(C(F)(F)F)cs2)c(C2CC(=O)[CH]CN2)cn1. The summed E-state index contributed by atoms with van der Waals surface area (Å²) in [4.78, 5) is 31.4. The Morgan fingerprint density at radius 1 is 1.43 bits per heavy atom. The van der Waals surface area contributed by atoms with Crippen molar-refractivity contribution in [3.8, 4) is 10.6 Å². The molecule has 3 heterocycles. The second-order valence-corrected chi connectivity index (χ2v) is 6.87. The van der Waals surface area contributed by atoms with Crippen LogP contribution >= 0.6 is 11.3 Å². The van der Waals surface area contributed by atoms with Gasteiger partial charge in [-0.2, -0.15) is 13.2 Å². The number of alkyl halides is 3. The van der Waals surface area contributed by atoms with Crippen molar-refractivity contribution in [3.63, 3.8) is 0 Å². The maximum Gasteiger partial charge on any atom is 0.434 e. The summed E-state index contributed by atoms with van der Waals surface area (Å²) in [5.41, 5.74) is -0.0602. The smallest absolute Gasteiger partial charge is 0.338 e. The van der Waals surface area contributed by atoms with E-state index in [4.69, 9.17) is 0 Å². The fourth-order valence-electron chi connectivity index (χ4n) is 2.74. The molecule has 1 aliphatic heterocycles. The molecule has 11 heteroatoms. The summed E-state index contributed by atoms with van der Waals surface area (Å²) >= 11 is 0.839. The van der Waals surface area contributed by atoms with Crippen LogP contribution in [0.2, 0.25) is 0 Å². The van der Waals surface area contributed by atoms with Crippen LogP contribution in [-0.2, 0) is 11.0 Å². The fraction of sp³-hybridized carbons (Fsp3) is 0.353. The Bertz CT molecular complexity index is 884. The minimum absolute atomic E-state index is 0.0608. The van der Waals surface area contributed by atoms with Crippen molar-refractivity contribution in [2.75, 3.05) is 18.4 Å². The molecule has 2 aromatic rings. The van der Waals surface area contributed by atoms with Crippen molar-refractivity contribution in [1.29, 1.82) is 0 Å². The normalized spacial score (nSPS) is 17.4. The number of aromatic nitrogens is 2. The molecule has 1 fully saturated rings. The third kappa shape index (κ3) is 4.65. The van der Waals surface area contributed by atoms with Gasteiger partial charge in [-0.05, 0) is 18.6 Å². The van der Waals surface area contributed by atoms with E-state index in [1.54, 1.807) is 6.92 Å². The Morgan fingerprint density at radius 3 is 2.86 bits per heavy atom. The zero-order valence-corrected chi connectivity index (χ0v) is 15.6. The first kappa shape index (κ1) is 20.2. The maximum atomic E-state index is 13.0. The molecule has 2 amide bonds. The molecule has 0 aliphatic carbocycles. The Hall–Kier alpha value is -2.53. The molecule has 0 bridgehead atoms. The van der Waals surface area contributed by atoms with Crippen LogP contribution in [0.25, 0.3) is 10.6 Å². The summed E-state index contributed by atoms with van der Waals surface area (Å²) in [5.74, 6) is 0.108. The van der Waals surface area contributed by atoms with Crippen molar-refractivity contribution in [1.82, 2.24) is 20.6 Å². The van der Waals surface area contributed by atoms with Gasteiger partial charge in [-0.3, -0.25) is 10.1 Å². The zero-order valence-electron chi connectivity index (χ0n) is 14.8. The molecule has 7 nitrogen and oxygen atoms in total. The second-order valence-electron chi connectivity index (χ2n) is 6.01. The number of carbonyl (C=O) groups is 2. The molecule has 2 aromatic heterocycles. The van der Waals surface area contributed by atoms with Gasteiger partial charge in [0.1, 0.15) is 16.6 Å². The first-order chi connectivity index (χ1) is 13.3. The van der Waals surface area contributed by atoms with Gasteiger partial charge in [-0.25, -0.2) is 14.8 Å². The Balaban J connectivity index is 2.00. The largest absolute Gasteiger partial charge is 0.434 e. The summed E-state index contributed by atoms with van der Waals surface area (Å²) in [6.45, 7) is 2.51. The number of hydrogen-bond acceptors (Lipinski definition) is 6. The lowest BCUT2D eigenvalue weighted by atomic mass is 9.94. The quantitative estimate of drug-likeness (QED) is 0.717. The maximum absolute atomic E-state index is 13.0. The van der Waals surface area contributed by atoms with E-state index in [2.05, 4.69) is 25.9 Å². The van der Waals surface area contributed by atoms with Crippen LogP contribution in [0.1, 0.15) is 30.6 Å². The summed E-state index contributed by atoms with van der Waals surface area (Å²) < 4.78 is 38.9. The summed E-state index contributed by atoms with van der Waals surface area (Å²) in [5, 5.41) is 9.28. The minimum atomic E-state index is -4.56. The molecule has 0 aromatic carbocycles. The fourth-order valence-corrected chi connectivity index (χ4v) is 3.60. The average molecular weight is 412 g/mol. The van der Waals surface area contributed by atoms with Crippen LogP contribution in [0, 0.1) is 6.42 Å². The number of urea groups is 1. The molecular weight excluding hydrogens is 395 g/mol. The molecule has 28 heavy (non-hydrogen) atoms. The van der Waals surface area contributed by atoms with Gasteiger partial charge in [0.05, 0.1) is 0 Å². The second kappa shape index (κ2) is 8.23. The number of piperidine rings is 1. The van der Waals surface area contributed by atoms with E-state index in [1.807, 2.05) is 0 Å². The van der Waals surface area contributed by atoms with E-state index in [0.29, 0.717) is 24.2 Å². The highest BCUT2D eigenvalue weighted by Gasteiger charge is 2.34. The number of thiazole rings is 1. The first-order valence-corrected chi connectivity index (χ1v) is 9.33. The van der Waals surface area contributed by atoms with Crippen LogP contribution in [0.4, 0.5) is 23.8 Å². The number of amides is 2. The molecule has 149 valence electrons. The van der Waals surface area contributed by atoms with E-state index in [-0.39, 0.29) is 23.0 Å². The van der Waals surface area contributed by atoms with Gasteiger partial charge in [0.25, 0.3) is 0 Å². The Kier molecular flexibility index (Phi) is 5.94. The molecule has 3 rings (SSSR count). The number of nitrogens with zero attached hydrogens (tertiary/aromatic N) is 2. The number of Topliss-reactive ketones (excluding diaryl/α,β-unsaturated/α-hetero) is 1. The molecule has 3 N–H and O–H groups in total. The van der Waals surface area contributed by atoms with Crippen LogP contribution < -0.4 is 16.0 Å². The van der Waals surface area contributed by atoms with Gasteiger partial charge >= 0.3 is 12.2 Å². The summed E-state index contributed by atoms with van der Waals surface area (Å²) in [7, 11) is 0. The van der Waals surface area contributed by atoms with Crippen molar-refractivity contribution in [3.05, 3.63) is 35.3 Å². The van der Waals surface area contributed by atoms with Crippen molar-refractivity contribution in [2.24, 2.45) is 0 Å². The number of hydrogen-bond donors (Lipinski definition) is 3. The van der Waals surface area contributed by atoms with Crippen LogP contribution in [0.15, 0.2) is 17.6 Å². The van der Waals surface area contributed by atoms with Crippen molar-refractivity contribution in [2.45, 2.75) is 25.6 Å². The highest BCUT2D eigenvalue weighted by molar-refractivity contribution is 7.13. The van der Waals surface area contributed by atoms with Gasteiger partial charge in [0.2, 0.25) is 0 Å². The Morgan fingerprint density at radius 2 is 2.21 bits per heavy atom. The first-order valence-electron chi connectivity index (χ1n) is 8.45. The molecular formula is C17H17F3N5O2S. The number of halogens is 3. The molecule has 0 saturated carbocycles. The van der Waals surface area contributed by atoms with E-state index >= 15 is 0 Å². The van der Waals surface area contributed by atoms with Crippen LogP contribution in [-0.4, -0.2) is 34.9 Å². The number of ketones is 1. The average Bonchev–Trinajstić information content (AvgIpc) is 3.12. The van der Waals surface area contributed by atoms with Crippen molar-refractivity contribution < 1.29 is 22.8 Å². The van der Waals surface area contributed by atoms with Gasteiger partial charge in [-0.15, -0.1) is 11.3 Å². The lowest BCUT2D eigenvalue weighted by molar-refractivity contribution is -0.140.